The van der Waals surface area contributed by atoms with E-state index in [4.69, 9.17) is 14.2 Å². The van der Waals surface area contributed by atoms with Gasteiger partial charge in [0, 0.05) is 19.3 Å². The molecule has 1 unspecified atom stereocenters. The second kappa shape index (κ2) is 52.7. The first-order valence-corrected chi connectivity index (χ1v) is 26.4. The minimum Gasteiger partial charge on any atom is -0.462 e. The molecule has 0 spiro atoms. The van der Waals surface area contributed by atoms with Crippen LogP contribution in [0.5, 0.6) is 0 Å². The molecule has 0 saturated carbocycles. The zero-order valence-corrected chi connectivity index (χ0v) is 42.0. The molecule has 0 aromatic rings. The van der Waals surface area contributed by atoms with Crippen molar-refractivity contribution in [3.8, 4) is 0 Å². The van der Waals surface area contributed by atoms with Gasteiger partial charge in [-0.1, -0.05) is 207 Å². The summed E-state index contributed by atoms with van der Waals surface area (Å²) >= 11 is 0. The average Bonchev–Trinajstić information content (AvgIpc) is 3.30. The fraction of sp³-hybridized carbons (Fsp3) is 0.644. The van der Waals surface area contributed by atoms with Crippen molar-refractivity contribution in [3.05, 3.63) is 109 Å². The van der Waals surface area contributed by atoms with Crippen molar-refractivity contribution < 1.29 is 28.6 Å². The van der Waals surface area contributed by atoms with Gasteiger partial charge in [-0.05, 0) is 109 Å². The van der Waals surface area contributed by atoms with E-state index in [0.29, 0.717) is 19.3 Å². The number of unbranched alkanes of at least 4 members (excludes halogenated alkanes) is 17. The number of hydrogen-bond acceptors (Lipinski definition) is 6. The predicted molar refractivity (Wildman–Crippen MR) is 279 cm³/mol. The number of allylic oxidation sites excluding steroid dienone is 18. The second-order valence-electron chi connectivity index (χ2n) is 17.0. The number of rotatable bonds is 46. The first-order valence-electron chi connectivity index (χ1n) is 26.4. The number of carbonyl (C=O) groups excluding carboxylic acids is 3. The van der Waals surface area contributed by atoms with Crippen LogP contribution in [0.4, 0.5) is 0 Å². The fourth-order valence-electron chi connectivity index (χ4n) is 6.79. The monoisotopic (exact) mass is 901 g/mol. The Labute approximate surface area is 400 Å². The Morgan fingerprint density at radius 1 is 0.323 bits per heavy atom. The highest BCUT2D eigenvalue weighted by molar-refractivity contribution is 5.71. The SMILES string of the molecule is CC/C=C/C/C=C/C/C=C/C/C=C/C/C=C/CCCC(=O)OCC(COC(=O)CC/C=C/C/C=C/CCCCCCCC)OC(=O)CCCCCCCCC/C=C/C/C=C/CCCCC. The lowest BCUT2D eigenvalue weighted by Gasteiger charge is -2.18. The first kappa shape index (κ1) is 61.1. The van der Waals surface area contributed by atoms with Gasteiger partial charge >= 0.3 is 17.9 Å². The van der Waals surface area contributed by atoms with Crippen LogP contribution < -0.4 is 0 Å². The number of carbonyl (C=O) groups is 3. The third-order valence-electron chi connectivity index (χ3n) is 10.7. The molecule has 0 aromatic carbocycles. The van der Waals surface area contributed by atoms with E-state index < -0.39 is 6.10 Å². The van der Waals surface area contributed by atoms with Crippen LogP contribution in [-0.4, -0.2) is 37.2 Å². The zero-order valence-electron chi connectivity index (χ0n) is 42.0. The third kappa shape index (κ3) is 50.9. The van der Waals surface area contributed by atoms with E-state index in [0.717, 1.165) is 83.5 Å². The van der Waals surface area contributed by atoms with Crippen LogP contribution in [0.25, 0.3) is 0 Å². The third-order valence-corrected chi connectivity index (χ3v) is 10.7. The predicted octanol–water partition coefficient (Wildman–Crippen LogP) is 17.5. The summed E-state index contributed by atoms with van der Waals surface area (Å²) in [6, 6.07) is 0. The van der Waals surface area contributed by atoms with Crippen LogP contribution >= 0.6 is 0 Å². The quantitative estimate of drug-likeness (QED) is 0.0262. The molecule has 0 radical (unpaired) electrons. The molecule has 0 aliphatic heterocycles. The van der Waals surface area contributed by atoms with Gasteiger partial charge in [-0.3, -0.25) is 14.4 Å². The van der Waals surface area contributed by atoms with E-state index in [1.165, 1.54) is 89.9 Å². The number of ether oxygens (including phenoxy) is 3. The van der Waals surface area contributed by atoms with Crippen molar-refractivity contribution >= 4 is 17.9 Å². The van der Waals surface area contributed by atoms with E-state index in [1.54, 1.807) is 0 Å². The molecule has 0 fully saturated rings. The number of esters is 3. The van der Waals surface area contributed by atoms with Gasteiger partial charge in [0.25, 0.3) is 0 Å². The summed E-state index contributed by atoms with van der Waals surface area (Å²) in [5.74, 6) is -1.06. The minimum atomic E-state index is -0.829. The van der Waals surface area contributed by atoms with Crippen LogP contribution in [-0.2, 0) is 28.6 Å². The maximum absolute atomic E-state index is 12.8. The summed E-state index contributed by atoms with van der Waals surface area (Å²) in [6.07, 6.45) is 70.9. The van der Waals surface area contributed by atoms with Crippen molar-refractivity contribution in [2.45, 2.75) is 232 Å². The van der Waals surface area contributed by atoms with Gasteiger partial charge in [-0.2, -0.15) is 0 Å². The lowest BCUT2D eigenvalue weighted by molar-refractivity contribution is -0.166. The molecule has 0 saturated heterocycles. The van der Waals surface area contributed by atoms with Gasteiger partial charge in [-0.25, -0.2) is 0 Å². The van der Waals surface area contributed by atoms with E-state index in [1.807, 2.05) is 6.08 Å². The molecular formula is C59H96O6. The molecule has 0 bridgehead atoms. The van der Waals surface area contributed by atoms with Gasteiger partial charge < -0.3 is 14.2 Å². The number of hydrogen-bond donors (Lipinski definition) is 0. The highest BCUT2D eigenvalue weighted by Gasteiger charge is 2.19. The Balaban J connectivity index is 4.56. The van der Waals surface area contributed by atoms with Crippen LogP contribution in [0.2, 0.25) is 0 Å². The lowest BCUT2D eigenvalue weighted by Crippen LogP contribution is -2.30. The Morgan fingerprint density at radius 3 is 1.11 bits per heavy atom. The van der Waals surface area contributed by atoms with Crippen molar-refractivity contribution in [2.75, 3.05) is 13.2 Å². The molecule has 0 amide bonds. The topological polar surface area (TPSA) is 78.9 Å². The Hall–Kier alpha value is -3.93. The summed E-state index contributed by atoms with van der Waals surface area (Å²) in [4.78, 5) is 38.0. The van der Waals surface area contributed by atoms with Crippen molar-refractivity contribution in [1.29, 1.82) is 0 Å². The highest BCUT2D eigenvalue weighted by atomic mass is 16.6. The van der Waals surface area contributed by atoms with Gasteiger partial charge in [0.1, 0.15) is 13.2 Å². The van der Waals surface area contributed by atoms with Crippen molar-refractivity contribution in [3.63, 3.8) is 0 Å². The van der Waals surface area contributed by atoms with E-state index in [-0.39, 0.29) is 44.0 Å². The van der Waals surface area contributed by atoms with Crippen molar-refractivity contribution in [1.82, 2.24) is 0 Å². The van der Waals surface area contributed by atoms with E-state index in [2.05, 4.69) is 124 Å². The molecule has 6 nitrogen and oxygen atoms in total. The molecule has 0 aliphatic rings. The summed E-state index contributed by atoms with van der Waals surface area (Å²) < 4.78 is 16.7. The molecule has 368 valence electrons. The summed E-state index contributed by atoms with van der Waals surface area (Å²) in [6.45, 7) is 6.37. The zero-order chi connectivity index (χ0) is 47.2. The van der Waals surface area contributed by atoms with Crippen LogP contribution in [0.1, 0.15) is 226 Å². The molecule has 65 heavy (non-hydrogen) atoms. The van der Waals surface area contributed by atoms with Crippen molar-refractivity contribution in [2.24, 2.45) is 0 Å². The molecule has 0 aromatic heterocycles. The van der Waals surface area contributed by atoms with Crippen LogP contribution in [0.3, 0.4) is 0 Å². The van der Waals surface area contributed by atoms with Crippen LogP contribution in [0.15, 0.2) is 109 Å². The van der Waals surface area contributed by atoms with Gasteiger partial charge in [0.05, 0.1) is 0 Å². The molecular weight excluding hydrogens is 805 g/mol. The molecule has 0 heterocycles. The Morgan fingerprint density at radius 2 is 0.646 bits per heavy atom. The molecule has 6 heteroatoms. The summed E-state index contributed by atoms with van der Waals surface area (Å²) in [7, 11) is 0. The van der Waals surface area contributed by atoms with Gasteiger partial charge in [0.15, 0.2) is 6.10 Å². The minimum absolute atomic E-state index is 0.130. The largest absolute Gasteiger partial charge is 0.462 e. The molecule has 0 rings (SSSR count). The van der Waals surface area contributed by atoms with E-state index >= 15 is 0 Å². The molecule has 0 N–H and O–H groups in total. The standard InChI is InChI=1S/C59H96O6/c1-4-7-10-13-16-19-22-25-27-29-31-34-37-40-43-46-49-52-58(61)64-55-56(54-63-57(60)51-48-45-42-39-36-33-24-21-18-15-12-9-6-3)65-59(62)53-50-47-44-41-38-35-32-30-28-26-23-20-17-14-11-8-5-2/h7,10,16-17,19-20,25-28,31,33-34,36,40,42-43,45,56H,4-6,8-9,11-15,18,21-24,29-30,32,35,37-39,41,44,46-55H2,1-3H3/b10-7+,19-16+,20-17+,27-25+,28-26+,34-31+,36-33+,43-40+,45-42+. The Kier molecular flexibility index (Phi) is 49.5. The average molecular weight is 901 g/mol. The maximum atomic E-state index is 12.8. The molecule has 0 aliphatic carbocycles. The highest BCUT2D eigenvalue weighted by Crippen LogP contribution is 2.13. The normalized spacial score (nSPS) is 13.0. The second-order valence-corrected chi connectivity index (χ2v) is 17.0. The van der Waals surface area contributed by atoms with E-state index in [9.17, 15) is 14.4 Å². The summed E-state index contributed by atoms with van der Waals surface area (Å²) in [5, 5.41) is 0. The lowest BCUT2D eigenvalue weighted by atomic mass is 10.1. The Bertz CT molecular complexity index is 1360. The van der Waals surface area contributed by atoms with Gasteiger partial charge in [-0.15, -0.1) is 0 Å². The fourth-order valence-corrected chi connectivity index (χ4v) is 6.79. The summed E-state index contributed by atoms with van der Waals surface area (Å²) in [5.41, 5.74) is 0. The smallest absolute Gasteiger partial charge is 0.306 e. The molecule has 1 atom stereocenters. The van der Waals surface area contributed by atoms with Gasteiger partial charge in [0.2, 0.25) is 0 Å². The maximum Gasteiger partial charge on any atom is 0.306 e. The first-order chi connectivity index (χ1) is 32.0. The van der Waals surface area contributed by atoms with Crippen LogP contribution in [0, 0.1) is 0 Å².